The SMILES string of the molecule is O=C(O)CCNC(=O)c1ccc(C(CC(=O)c2cccc(C(F)(F)F)c2)C(=O)c2cc(Cl)cc(Cl)c2)cc1. The number of alkyl halides is 3. The first-order valence-corrected chi connectivity index (χ1v) is 11.9. The van der Waals surface area contributed by atoms with Gasteiger partial charge in [0.25, 0.3) is 5.91 Å². The van der Waals surface area contributed by atoms with Crippen LogP contribution < -0.4 is 5.32 Å². The lowest BCUT2D eigenvalue weighted by molar-refractivity contribution is -0.138. The molecule has 0 saturated carbocycles. The van der Waals surface area contributed by atoms with E-state index in [1.54, 1.807) is 0 Å². The number of hydrogen-bond acceptors (Lipinski definition) is 4. The quantitative estimate of drug-likeness (QED) is 0.275. The standard InChI is InChI=1S/C27H20Cl2F3NO5/c28-20-11-18(12-21(29)13-20)25(37)22(14-23(34)17-2-1-3-19(10-17)27(30,31)32)15-4-6-16(7-5-15)26(38)33-9-8-24(35)36/h1-7,10-13,22H,8-9,14H2,(H,33,38)(H,35,36). The second-order valence-corrected chi connectivity index (χ2v) is 9.18. The molecule has 2 N–H and O–H groups in total. The Hall–Kier alpha value is -3.69. The highest BCUT2D eigenvalue weighted by Crippen LogP contribution is 2.32. The van der Waals surface area contributed by atoms with Crippen molar-refractivity contribution in [1.82, 2.24) is 5.32 Å². The van der Waals surface area contributed by atoms with Crippen molar-refractivity contribution in [3.05, 3.63) is 105 Å². The summed E-state index contributed by atoms with van der Waals surface area (Å²) in [6.45, 7) is -0.0853. The zero-order chi connectivity index (χ0) is 28.0. The van der Waals surface area contributed by atoms with Gasteiger partial charge in [-0.3, -0.25) is 19.2 Å². The van der Waals surface area contributed by atoms with Gasteiger partial charge in [-0.15, -0.1) is 0 Å². The Morgan fingerprint density at radius 3 is 2.05 bits per heavy atom. The number of rotatable bonds is 10. The average Bonchev–Trinajstić information content (AvgIpc) is 2.85. The Morgan fingerprint density at radius 2 is 1.47 bits per heavy atom. The molecule has 1 atom stereocenters. The number of ketones is 2. The fraction of sp³-hybridized carbons (Fsp3) is 0.185. The fourth-order valence-electron chi connectivity index (χ4n) is 3.68. The van der Waals surface area contributed by atoms with Crippen LogP contribution in [0.5, 0.6) is 0 Å². The van der Waals surface area contributed by atoms with Crippen molar-refractivity contribution in [2.75, 3.05) is 6.54 Å². The third-order valence-electron chi connectivity index (χ3n) is 5.56. The molecule has 0 aliphatic heterocycles. The van der Waals surface area contributed by atoms with E-state index in [4.69, 9.17) is 28.3 Å². The smallest absolute Gasteiger partial charge is 0.416 e. The number of benzene rings is 3. The second kappa shape index (κ2) is 12.2. The molecule has 1 unspecified atom stereocenters. The number of amides is 1. The topological polar surface area (TPSA) is 101 Å². The Labute approximate surface area is 225 Å². The van der Waals surface area contributed by atoms with Gasteiger partial charge in [0.2, 0.25) is 0 Å². The van der Waals surface area contributed by atoms with Gasteiger partial charge in [-0.25, -0.2) is 0 Å². The maximum absolute atomic E-state index is 13.5. The summed E-state index contributed by atoms with van der Waals surface area (Å²) < 4.78 is 39.5. The first kappa shape index (κ1) is 28.9. The Kier molecular flexibility index (Phi) is 9.30. The molecule has 38 heavy (non-hydrogen) atoms. The largest absolute Gasteiger partial charge is 0.481 e. The molecular formula is C27H20Cl2F3NO5. The maximum Gasteiger partial charge on any atom is 0.416 e. The summed E-state index contributed by atoms with van der Waals surface area (Å²) in [5.41, 5.74) is -0.601. The Bertz CT molecular complexity index is 1350. The summed E-state index contributed by atoms with van der Waals surface area (Å²) in [4.78, 5) is 49.4. The number of Topliss-reactive ketones (excluding diaryl/α,β-unsaturated/α-hetero) is 2. The van der Waals surface area contributed by atoms with Crippen LogP contribution in [0.3, 0.4) is 0 Å². The molecule has 0 aromatic heterocycles. The average molecular weight is 566 g/mol. The molecule has 3 aromatic carbocycles. The molecule has 3 aromatic rings. The van der Waals surface area contributed by atoms with Gasteiger partial charge in [0.15, 0.2) is 11.6 Å². The molecule has 1 amide bonds. The molecule has 0 saturated heterocycles. The van der Waals surface area contributed by atoms with Crippen LogP contribution in [0.4, 0.5) is 13.2 Å². The predicted octanol–water partition coefficient (Wildman–Crippen LogP) is 6.46. The molecule has 0 radical (unpaired) electrons. The zero-order valence-electron chi connectivity index (χ0n) is 19.5. The minimum absolute atomic E-state index is 0.0853. The van der Waals surface area contributed by atoms with Crippen LogP contribution >= 0.6 is 23.2 Å². The van der Waals surface area contributed by atoms with Crippen LogP contribution in [0, 0.1) is 0 Å². The number of aliphatic carboxylic acids is 1. The summed E-state index contributed by atoms with van der Waals surface area (Å²) in [7, 11) is 0. The monoisotopic (exact) mass is 565 g/mol. The number of carbonyl (C=O) groups is 4. The van der Waals surface area contributed by atoms with Crippen molar-refractivity contribution in [2.45, 2.75) is 24.9 Å². The molecule has 11 heteroatoms. The van der Waals surface area contributed by atoms with E-state index in [1.807, 2.05) is 0 Å². The summed E-state index contributed by atoms with van der Waals surface area (Å²) in [5, 5.41) is 11.5. The summed E-state index contributed by atoms with van der Waals surface area (Å²) in [6, 6.07) is 13.7. The summed E-state index contributed by atoms with van der Waals surface area (Å²) in [6.07, 6.45) is -5.38. The van der Waals surface area contributed by atoms with Gasteiger partial charge in [0.1, 0.15) is 0 Å². The van der Waals surface area contributed by atoms with Crippen LogP contribution in [-0.4, -0.2) is 35.1 Å². The lowest BCUT2D eigenvalue weighted by Gasteiger charge is -2.17. The van der Waals surface area contributed by atoms with E-state index in [2.05, 4.69) is 5.32 Å². The van der Waals surface area contributed by atoms with Gasteiger partial charge in [0, 0.05) is 39.7 Å². The van der Waals surface area contributed by atoms with Crippen molar-refractivity contribution in [1.29, 1.82) is 0 Å². The lowest BCUT2D eigenvalue weighted by atomic mass is 9.85. The molecule has 198 valence electrons. The number of nitrogens with one attached hydrogen (secondary N) is 1. The number of carbonyl (C=O) groups excluding carboxylic acids is 3. The highest BCUT2D eigenvalue weighted by molar-refractivity contribution is 6.35. The fourth-order valence-corrected chi connectivity index (χ4v) is 4.21. The lowest BCUT2D eigenvalue weighted by Crippen LogP contribution is -2.26. The predicted molar refractivity (Wildman–Crippen MR) is 135 cm³/mol. The van der Waals surface area contributed by atoms with Crippen LogP contribution in [0.2, 0.25) is 10.0 Å². The van der Waals surface area contributed by atoms with E-state index in [0.717, 1.165) is 18.2 Å². The molecular weight excluding hydrogens is 546 g/mol. The Balaban J connectivity index is 1.93. The third-order valence-corrected chi connectivity index (χ3v) is 6.00. The van der Waals surface area contributed by atoms with Crippen LogP contribution in [0.1, 0.15) is 61.0 Å². The molecule has 0 aliphatic carbocycles. The van der Waals surface area contributed by atoms with Gasteiger partial charge < -0.3 is 10.4 Å². The minimum Gasteiger partial charge on any atom is -0.481 e. The van der Waals surface area contributed by atoms with Crippen molar-refractivity contribution in [3.63, 3.8) is 0 Å². The number of carboxylic acids is 1. The van der Waals surface area contributed by atoms with Crippen molar-refractivity contribution in [3.8, 4) is 0 Å². The van der Waals surface area contributed by atoms with Crippen LogP contribution in [0.15, 0.2) is 66.7 Å². The summed E-state index contributed by atoms with van der Waals surface area (Å²) >= 11 is 12.1. The van der Waals surface area contributed by atoms with Gasteiger partial charge >= 0.3 is 12.1 Å². The Morgan fingerprint density at radius 1 is 0.842 bits per heavy atom. The first-order chi connectivity index (χ1) is 17.8. The van der Waals surface area contributed by atoms with Crippen molar-refractivity contribution in [2.24, 2.45) is 0 Å². The van der Waals surface area contributed by atoms with E-state index >= 15 is 0 Å². The minimum atomic E-state index is -4.65. The van der Waals surface area contributed by atoms with Gasteiger partial charge in [-0.2, -0.15) is 13.2 Å². The zero-order valence-corrected chi connectivity index (χ0v) is 21.0. The molecule has 0 spiro atoms. The number of carboxylic acid groups (broad SMARTS) is 1. The van der Waals surface area contributed by atoms with Crippen LogP contribution in [-0.2, 0) is 11.0 Å². The van der Waals surface area contributed by atoms with E-state index < -0.39 is 47.5 Å². The molecule has 3 rings (SSSR count). The molecule has 0 heterocycles. The third kappa shape index (κ3) is 7.66. The number of halogens is 5. The van der Waals surface area contributed by atoms with Gasteiger partial charge in [-0.1, -0.05) is 47.5 Å². The van der Waals surface area contributed by atoms with E-state index in [0.29, 0.717) is 5.56 Å². The molecule has 0 aliphatic rings. The van der Waals surface area contributed by atoms with Crippen LogP contribution in [0.25, 0.3) is 0 Å². The van der Waals surface area contributed by atoms with Crippen molar-refractivity contribution >= 4 is 46.6 Å². The normalized spacial score (nSPS) is 12.0. The molecule has 6 nitrogen and oxygen atoms in total. The van der Waals surface area contributed by atoms with Gasteiger partial charge in [0.05, 0.1) is 17.9 Å². The van der Waals surface area contributed by atoms with Crippen molar-refractivity contribution < 1.29 is 37.5 Å². The van der Waals surface area contributed by atoms with E-state index in [-0.39, 0.29) is 39.7 Å². The molecule has 0 fully saturated rings. The van der Waals surface area contributed by atoms with E-state index in [1.165, 1.54) is 48.5 Å². The number of hydrogen-bond donors (Lipinski definition) is 2. The highest BCUT2D eigenvalue weighted by atomic mass is 35.5. The second-order valence-electron chi connectivity index (χ2n) is 8.30. The highest BCUT2D eigenvalue weighted by Gasteiger charge is 2.32. The summed E-state index contributed by atoms with van der Waals surface area (Å²) in [5.74, 6) is -3.99. The molecule has 0 bridgehead atoms. The van der Waals surface area contributed by atoms with E-state index in [9.17, 15) is 32.3 Å². The first-order valence-electron chi connectivity index (χ1n) is 11.2. The maximum atomic E-state index is 13.5. The van der Waals surface area contributed by atoms with Gasteiger partial charge in [-0.05, 0) is 48.0 Å².